The molecule has 0 radical (unpaired) electrons. The molecule has 1 aliphatic rings. The minimum Gasteiger partial charge on any atom is -0.466 e. The SMILES string of the molecule is COC(=O)C1=C(CF)NC(C)=C(C(=O)OC(C)(C)c2ccccc2)C1c1cccc(Cl)c1Cl. The van der Waals surface area contributed by atoms with E-state index in [1.165, 1.54) is 7.11 Å². The summed E-state index contributed by atoms with van der Waals surface area (Å²) in [5, 5.41) is 3.20. The maximum absolute atomic E-state index is 14.0. The number of esters is 2. The van der Waals surface area contributed by atoms with E-state index in [1.54, 1.807) is 39.0 Å². The molecule has 1 unspecified atom stereocenters. The van der Waals surface area contributed by atoms with Gasteiger partial charge in [0.25, 0.3) is 0 Å². The molecule has 8 heteroatoms. The third kappa shape index (κ3) is 4.92. The van der Waals surface area contributed by atoms with Gasteiger partial charge in [0.2, 0.25) is 0 Å². The number of methoxy groups -OCH3 is 1. The highest BCUT2D eigenvalue weighted by atomic mass is 35.5. The Morgan fingerprint density at radius 3 is 2.30 bits per heavy atom. The van der Waals surface area contributed by atoms with Gasteiger partial charge in [0.15, 0.2) is 0 Å². The van der Waals surface area contributed by atoms with Gasteiger partial charge < -0.3 is 14.8 Å². The Kier molecular flexibility index (Phi) is 7.50. The van der Waals surface area contributed by atoms with E-state index in [-0.39, 0.29) is 26.9 Å². The van der Waals surface area contributed by atoms with Crippen LogP contribution in [0.1, 0.15) is 37.8 Å². The molecule has 174 valence electrons. The van der Waals surface area contributed by atoms with Crippen LogP contribution in [0.2, 0.25) is 10.0 Å². The van der Waals surface area contributed by atoms with Crippen LogP contribution in [0, 0.1) is 0 Å². The van der Waals surface area contributed by atoms with Crippen molar-refractivity contribution in [2.75, 3.05) is 13.8 Å². The van der Waals surface area contributed by atoms with E-state index in [0.29, 0.717) is 11.3 Å². The summed E-state index contributed by atoms with van der Waals surface area (Å²) in [6.07, 6.45) is 0. The molecule has 2 aromatic rings. The number of nitrogens with one attached hydrogen (secondary N) is 1. The molecule has 1 atom stereocenters. The largest absolute Gasteiger partial charge is 0.466 e. The van der Waals surface area contributed by atoms with Crippen LogP contribution in [0.3, 0.4) is 0 Å². The van der Waals surface area contributed by atoms with Crippen LogP contribution >= 0.6 is 23.2 Å². The topological polar surface area (TPSA) is 64.6 Å². The average Bonchev–Trinajstić information content (AvgIpc) is 2.79. The third-order valence-corrected chi connectivity index (χ3v) is 6.35. The van der Waals surface area contributed by atoms with Gasteiger partial charge in [-0.3, -0.25) is 0 Å². The normalized spacial score (nSPS) is 16.4. The minimum absolute atomic E-state index is 0.0146. The third-order valence-electron chi connectivity index (χ3n) is 5.51. The Morgan fingerprint density at radius 1 is 1.03 bits per heavy atom. The number of carbonyl (C=O) groups excluding carboxylic acids is 2. The molecule has 0 saturated carbocycles. The lowest BCUT2D eigenvalue weighted by molar-refractivity contribution is -0.152. The number of carbonyl (C=O) groups is 2. The highest BCUT2D eigenvalue weighted by molar-refractivity contribution is 6.42. The van der Waals surface area contributed by atoms with Crippen LogP contribution in [0.25, 0.3) is 0 Å². The van der Waals surface area contributed by atoms with E-state index < -0.39 is 30.1 Å². The number of alkyl halides is 1. The van der Waals surface area contributed by atoms with E-state index in [2.05, 4.69) is 5.32 Å². The van der Waals surface area contributed by atoms with Crippen molar-refractivity contribution >= 4 is 35.1 Å². The first kappa shape index (κ1) is 24.8. The smallest absolute Gasteiger partial charge is 0.337 e. The molecule has 0 fully saturated rings. The summed E-state index contributed by atoms with van der Waals surface area (Å²) >= 11 is 12.7. The summed E-state index contributed by atoms with van der Waals surface area (Å²) < 4.78 is 24.8. The van der Waals surface area contributed by atoms with Crippen LogP contribution in [0.4, 0.5) is 4.39 Å². The molecular weight excluding hydrogens is 468 g/mol. The monoisotopic (exact) mass is 491 g/mol. The van der Waals surface area contributed by atoms with Crippen LogP contribution in [0.15, 0.2) is 71.1 Å². The number of dihydropyridines is 1. The fourth-order valence-electron chi connectivity index (χ4n) is 3.86. The Bertz CT molecular complexity index is 1140. The molecule has 1 aliphatic heterocycles. The van der Waals surface area contributed by atoms with Crippen LogP contribution in [-0.2, 0) is 24.7 Å². The summed E-state index contributed by atoms with van der Waals surface area (Å²) in [7, 11) is 1.18. The predicted molar refractivity (Wildman–Crippen MR) is 126 cm³/mol. The van der Waals surface area contributed by atoms with Crippen molar-refractivity contribution in [1.29, 1.82) is 0 Å². The second-order valence-electron chi connectivity index (χ2n) is 8.02. The Hall–Kier alpha value is -2.83. The standard InChI is InChI=1S/C25H24Cl2FNO4/c1-14-19(24(31)33-25(2,3)15-9-6-5-7-10-15)20(16-11-8-12-17(26)22(16)27)21(23(30)32-4)18(13-28)29-14/h5-12,20,29H,13H2,1-4H3. The van der Waals surface area contributed by atoms with Crippen molar-refractivity contribution in [2.45, 2.75) is 32.3 Å². The van der Waals surface area contributed by atoms with E-state index in [4.69, 9.17) is 32.7 Å². The van der Waals surface area contributed by atoms with Gasteiger partial charge in [-0.05, 0) is 38.0 Å². The summed E-state index contributed by atoms with van der Waals surface area (Å²) in [4.78, 5) is 26.3. The molecule has 2 aromatic carbocycles. The first-order valence-corrected chi connectivity index (χ1v) is 11.0. The average molecular weight is 492 g/mol. The highest BCUT2D eigenvalue weighted by Gasteiger charge is 2.41. The summed E-state index contributed by atoms with van der Waals surface area (Å²) in [5.74, 6) is -2.53. The van der Waals surface area contributed by atoms with Gasteiger partial charge in [-0.2, -0.15) is 0 Å². The molecule has 0 spiro atoms. The lowest BCUT2D eigenvalue weighted by atomic mass is 9.80. The van der Waals surface area contributed by atoms with Crippen molar-refractivity contribution in [3.05, 3.63) is 92.2 Å². The second kappa shape index (κ2) is 9.98. The highest BCUT2D eigenvalue weighted by Crippen LogP contribution is 2.44. The summed E-state index contributed by atoms with van der Waals surface area (Å²) in [6.45, 7) is 4.16. The lowest BCUT2D eigenvalue weighted by Crippen LogP contribution is -2.36. The van der Waals surface area contributed by atoms with E-state index >= 15 is 0 Å². The molecule has 5 nitrogen and oxygen atoms in total. The zero-order valence-electron chi connectivity index (χ0n) is 18.7. The number of halogens is 3. The molecule has 0 aromatic heterocycles. The Morgan fingerprint density at radius 2 is 1.70 bits per heavy atom. The lowest BCUT2D eigenvalue weighted by Gasteiger charge is -2.33. The molecule has 1 heterocycles. The Labute approximate surface area is 202 Å². The van der Waals surface area contributed by atoms with Gasteiger partial charge in [0, 0.05) is 5.70 Å². The van der Waals surface area contributed by atoms with E-state index in [9.17, 15) is 14.0 Å². The van der Waals surface area contributed by atoms with Crippen LogP contribution < -0.4 is 5.32 Å². The van der Waals surface area contributed by atoms with Gasteiger partial charge in [0.1, 0.15) is 12.3 Å². The summed E-state index contributed by atoms with van der Waals surface area (Å²) in [6, 6.07) is 14.1. The first-order chi connectivity index (χ1) is 15.6. The molecular formula is C25H24Cl2FNO4. The predicted octanol–water partition coefficient (Wildman–Crippen LogP) is 5.83. The molecule has 0 saturated heterocycles. The van der Waals surface area contributed by atoms with Gasteiger partial charge in [-0.25, -0.2) is 14.0 Å². The molecule has 3 rings (SSSR count). The zero-order chi connectivity index (χ0) is 24.3. The maximum atomic E-state index is 14.0. The Balaban J connectivity index is 2.16. The van der Waals surface area contributed by atoms with Crippen molar-refractivity contribution in [1.82, 2.24) is 5.32 Å². The fraction of sp³-hybridized carbons (Fsp3) is 0.280. The zero-order valence-corrected chi connectivity index (χ0v) is 20.2. The first-order valence-electron chi connectivity index (χ1n) is 10.2. The van der Waals surface area contributed by atoms with Crippen molar-refractivity contribution in [2.24, 2.45) is 0 Å². The van der Waals surface area contributed by atoms with Crippen molar-refractivity contribution < 1.29 is 23.5 Å². The number of rotatable bonds is 6. The molecule has 0 amide bonds. The van der Waals surface area contributed by atoms with Crippen LogP contribution in [0.5, 0.6) is 0 Å². The minimum atomic E-state index is -1.05. The van der Waals surface area contributed by atoms with Crippen LogP contribution in [-0.4, -0.2) is 25.7 Å². The fourth-order valence-corrected chi connectivity index (χ4v) is 4.28. The van der Waals surface area contributed by atoms with Gasteiger partial charge in [-0.1, -0.05) is 65.7 Å². The number of hydrogen-bond donors (Lipinski definition) is 1. The molecule has 33 heavy (non-hydrogen) atoms. The molecule has 0 aliphatic carbocycles. The van der Waals surface area contributed by atoms with E-state index in [0.717, 1.165) is 5.56 Å². The molecule has 0 bridgehead atoms. The number of ether oxygens (including phenoxy) is 2. The summed E-state index contributed by atoms with van der Waals surface area (Å²) in [5.41, 5.74) is 0.528. The number of benzene rings is 2. The maximum Gasteiger partial charge on any atom is 0.337 e. The van der Waals surface area contributed by atoms with Crippen molar-refractivity contribution in [3.8, 4) is 0 Å². The quantitative estimate of drug-likeness (QED) is 0.515. The number of hydrogen-bond acceptors (Lipinski definition) is 5. The molecule has 1 N–H and O–H groups in total. The second-order valence-corrected chi connectivity index (χ2v) is 8.81. The van der Waals surface area contributed by atoms with Crippen molar-refractivity contribution in [3.63, 3.8) is 0 Å². The van der Waals surface area contributed by atoms with Gasteiger partial charge in [0.05, 0.1) is 39.9 Å². The van der Waals surface area contributed by atoms with Gasteiger partial charge in [-0.15, -0.1) is 0 Å². The van der Waals surface area contributed by atoms with E-state index in [1.807, 2.05) is 30.3 Å². The number of allylic oxidation sites excluding steroid dienone is 2. The van der Waals surface area contributed by atoms with Gasteiger partial charge >= 0.3 is 11.9 Å².